The second kappa shape index (κ2) is 6.41. The highest BCUT2D eigenvalue weighted by atomic mass is 16.5. The summed E-state index contributed by atoms with van der Waals surface area (Å²) in [5, 5.41) is 2.53. The normalized spacial score (nSPS) is 11.4. The number of nitrogens with one attached hydrogen (secondary N) is 1. The van der Waals surface area contributed by atoms with Crippen LogP contribution in [0.15, 0.2) is 30.9 Å². The monoisotopic (exact) mass is 249 g/mol. The van der Waals surface area contributed by atoms with Crippen LogP contribution in [0.25, 0.3) is 0 Å². The van der Waals surface area contributed by atoms with E-state index >= 15 is 0 Å². The summed E-state index contributed by atoms with van der Waals surface area (Å²) in [6.45, 7) is 3.41. The third-order valence-corrected chi connectivity index (χ3v) is 2.14. The summed E-state index contributed by atoms with van der Waals surface area (Å²) >= 11 is 0. The van der Waals surface area contributed by atoms with E-state index in [4.69, 9.17) is 16.2 Å². The van der Waals surface area contributed by atoms with E-state index in [0.717, 1.165) is 6.08 Å². The zero-order valence-corrected chi connectivity index (χ0v) is 9.76. The summed E-state index contributed by atoms with van der Waals surface area (Å²) < 4.78 is 5.30. The lowest BCUT2D eigenvalue weighted by atomic mass is 10.2. The summed E-state index contributed by atoms with van der Waals surface area (Å²) in [7, 11) is 0. The highest BCUT2D eigenvalue weighted by molar-refractivity contribution is 6.01. The molecule has 1 aromatic rings. The van der Waals surface area contributed by atoms with Gasteiger partial charge in [0.1, 0.15) is 5.75 Å². The minimum absolute atomic E-state index is 0.0717. The number of benzene rings is 1. The Bertz CT molecular complexity index is 460. The van der Waals surface area contributed by atoms with Gasteiger partial charge in [-0.1, -0.05) is 6.58 Å². The standard InChI is InChI=1S/C12H15N3O3/c1-2-12(17)15-11-5-8(3-4-10(11)14)18-9(6-13)7-16/h2-5,7,9H,1,6,13-14H2,(H,15,17)/t9-/m0/s1. The smallest absolute Gasteiger partial charge is 0.247 e. The number of nitrogens with two attached hydrogens (primary N) is 2. The number of nitrogen functional groups attached to an aromatic ring is 1. The maximum Gasteiger partial charge on any atom is 0.247 e. The predicted octanol–water partition coefficient (Wildman–Crippen LogP) is 0.298. The van der Waals surface area contributed by atoms with E-state index in [1.807, 2.05) is 0 Å². The quantitative estimate of drug-likeness (QED) is 0.382. The van der Waals surface area contributed by atoms with Crippen LogP contribution in [-0.2, 0) is 9.59 Å². The summed E-state index contributed by atoms with van der Waals surface area (Å²) in [5.41, 5.74) is 11.8. The highest BCUT2D eigenvalue weighted by Gasteiger charge is 2.09. The number of ether oxygens (including phenoxy) is 1. The van der Waals surface area contributed by atoms with E-state index in [2.05, 4.69) is 11.9 Å². The lowest BCUT2D eigenvalue weighted by molar-refractivity contribution is -0.113. The topological polar surface area (TPSA) is 107 Å². The van der Waals surface area contributed by atoms with E-state index in [-0.39, 0.29) is 12.5 Å². The number of anilines is 2. The van der Waals surface area contributed by atoms with Gasteiger partial charge in [-0.05, 0) is 18.2 Å². The Morgan fingerprint density at radius 2 is 2.28 bits per heavy atom. The maximum absolute atomic E-state index is 11.2. The van der Waals surface area contributed by atoms with Gasteiger partial charge >= 0.3 is 0 Å². The number of amides is 1. The van der Waals surface area contributed by atoms with Crippen molar-refractivity contribution in [3.8, 4) is 5.75 Å². The molecule has 0 saturated carbocycles. The average molecular weight is 249 g/mol. The zero-order valence-electron chi connectivity index (χ0n) is 9.76. The Balaban J connectivity index is 2.89. The number of carbonyl (C=O) groups excluding carboxylic acids is 2. The van der Waals surface area contributed by atoms with Gasteiger partial charge in [0.25, 0.3) is 0 Å². The molecular formula is C12H15N3O3. The van der Waals surface area contributed by atoms with Crippen LogP contribution in [0.2, 0.25) is 0 Å². The molecule has 0 spiro atoms. The van der Waals surface area contributed by atoms with Crippen molar-refractivity contribution < 1.29 is 14.3 Å². The first kappa shape index (κ1) is 13.7. The molecule has 6 nitrogen and oxygen atoms in total. The minimum atomic E-state index is -0.725. The predicted molar refractivity (Wildman–Crippen MR) is 69.2 cm³/mol. The van der Waals surface area contributed by atoms with Crippen molar-refractivity contribution in [2.45, 2.75) is 6.10 Å². The van der Waals surface area contributed by atoms with Crippen LogP contribution < -0.4 is 21.5 Å². The van der Waals surface area contributed by atoms with Crippen LogP contribution >= 0.6 is 0 Å². The fourth-order valence-corrected chi connectivity index (χ4v) is 1.21. The van der Waals surface area contributed by atoms with Gasteiger partial charge in [0, 0.05) is 12.6 Å². The molecule has 0 heterocycles. The van der Waals surface area contributed by atoms with Gasteiger partial charge in [0.2, 0.25) is 5.91 Å². The molecule has 1 amide bonds. The summed E-state index contributed by atoms with van der Waals surface area (Å²) in [6.07, 6.45) is 1.01. The Labute approximate surface area is 105 Å². The van der Waals surface area contributed by atoms with Crippen LogP contribution in [0.1, 0.15) is 0 Å². The molecule has 0 aliphatic rings. The molecule has 0 unspecified atom stereocenters. The summed E-state index contributed by atoms with van der Waals surface area (Å²) in [5.74, 6) is 0.00993. The van der Waals surface area contributed by atoms with E-state index in [1.165, 1.54) is 6.07 Å². The van der Waals surface area contributed by atoms with E-state index in [9.17, 15) is 9.59 Å². The third kappa shape index (κ3) is 3.60. The second-order valence-corrected chi connectivity index (χ2v) is 3.47. The molecular weight excluding hydrogens is 234 g/mol. The molecule has 1 aromatic carbocycles. The first-order chi connectivity index (χ1) is 8.60. The third-order valence-electron chi connectivity index (χ3n) is 2.14. The van der Waals surface area contributed by atoms with Gasteiger partial charge in [0.15, 0.2) is 12.4 Å². The number of aldehydes is 1. The van der Waals surface area contributed by atoms with Crippen molar-refractivity contribution in [1.29, 1.82) is 0 Å². The Kier molecular flexibility index (Phi) is 4.89. The molecule has 0 fully saturated rings. The van der Waals surface area contributed by atoms with Crippen LogP contribution in [0, 0.1) is 0 Å². The fourth-order valence-electron chi connectivity index (χ4n) is 1.21. The molecule has 0 aliphatic heterocycles. The molecule has 18 heavy (non-hydrogen) atoms. The Morgan fingerprint density at radius 1 is 1.56 bits per heavy atom. The lowest BCUT2D eigenvalue weighted by Gasteiger charge is -2.13. The maximum atomic E-state index is 11.2. The van der Waals surface area contributed by atoms with Gasteiger partial charge in [-0.15, -0.1) is 0 Å². The van der Waals surface area contributed by atoms with Crippen LogP contribution in [0.5, 0.6) is 5.75 Å². The second-order valence-electron chi connectivity index (χ2n) is 3.47. The molecule has 0 aromatic heterocycles. The van der Waals surface area contributed by atoms with Crippen molar-refractivity contribution in [2.24, 2.45) is 5.73 Å². The molecule has 6 heteroatoms. The largest absolute Gasteiger partial charge is 0.482 e. The van der Waals surface area contributed by atoms with E-state index in [1.54, 1.807) is 12.1 Å². The molecule has 0 aliphatic carbocycles. The number of carbonyl (C=O) groups is 2. The molecule has 0 saturated heterocycles. The van der Waals surface area contributed by atoms with E-state index in [0.29, 0.717) is 23.4 Å². The first-order valence-electron chi connectivity index (χ1n) is 5.25. The van der Waals surface area contributed by atoms with Gasteiger partial charge in [-0.2, -0.15) is 0 Å². The van der Waals surface area contributed by atoms with Gasteiger partial charge in [-0.25, -0.2) is 0 Å². The molecule has 0 radical (unpaired) electrons. The molecule has 96 valence electrons. The fraction of sp³-hybridized carbons (Fsp3) is 0.167. The Morgan fingerprint density at radius 3 is 2.83 bits per heavy atom. The van der Waals surface area contributed by atoms with Crippen molar-refractivity contribution in [2.75, 3.05) is 17.6 Å². The van der Waals surface area contributed by atoms with Crippen molar-refractivity contribution in [3.63, 3.8) is 0 Å². The summed E-state index contributed by atoms with van der Waals surface area (Å²) in [6, 6.07) is 4.67. The molecule has 5 N–H and O–H groups in total. The molecule has 0 bridgehead atoms. The van der Waals surface area contributed by atoms with Crippen LogP contribution in [-0.4, -0.2) is 24.8 Å². The highest BCUT2D eigenvalue weighted by Crippen LogP contribution is 2.25. The number of hydrogen-bond donors (Lipinski definition) is 3. The van der Waals surface area contributed by atoms with Crippen LogP contribution in [0.3, 0.4) is 0 Å². The number of rotatable bonds is 6. The van der Waals surface area contributed by atoms with Gasteiger partial charge in [-0.3, -0.25) is 9.59 Å². The van der Waals surface area contributed by atoms with Gasteiger partial charge < -0.3 is 21.5 Å². The molecule has 1 rings (SSSR count). The summed E-state index contributed by atoms with van der Waals surface area (Å²) in [4.78, 5) is 21.8. The molecule has 1 atom stereocenters. The average Bonchev–Trinajstić information content (AvgIpc) is 2.39. The Hall–Kier alpha value is -2.34. The minimum Gasteiger partial charge on any atom is -0.482 e. The van der Waals surface area contributed by atoms with Crippen molar-refractivity contribution >= 4 is 23.6 Å². The van der Waals surface area contributed by atoms with Crippen LogP contribution in [0.4, 0.5) is 11.4 Å². The van der Waals surface area contributed by atoms with Crippen molar-refractivity contribution in [3.05, 3.63) is 30.9 Å². The van der Waals surface area contributed by atoms with Gasteiger partial charge in [0.05, 0.1) is 11.4 Å². The lowest BCUT2D eigenvalue weighted by Crippen LogP contribution is -2.28. The van der Waals surface area contributed by atoms with E-state index < -0.39 is 6.10 Å². The SMILES string of the molecule is C=CC(=O)Nc1cc(O[C@H](C=O)CN)ccc1N. The zero-order chi connectivity index (χ0) is 13.5. The first-order valence-corrected chi connectivity index (χ1v) is 5.25. The van der Waals surface area contributed by atoms with Crippen molar-refractivity contribution in [1.82, 2.24) is 0 Å². The number of hydrogen-bond acceptors (Lipinski definition) is 5.